The number of rotatable bonds is 6. The second-order valence-electron chi connectivity index (χ2n) is 6.54. The molecular formula is C22H24N4O. The van der Waals surface area contributed by atoms with Crippen molar-refractivity contribution in [2.45, 2.75) is 33.2 Å². The van der Waals surface area contributed by atoms with Gasteiger partial charge in [-0.1, -0.05) is 43.3 Å². The number of amides is 1. The summed E-state index contributed by atoms with van der Waals surface area (Å²) < 4.78 is 0. The monoisotopic (exact) mass is 360 g/mol. The minimum atomic E-state index is -0.0724. The number of hydrogen-bond acceptors (Lipinski definition) is 4. The fourth-order valence-corrected chi connectivity index (χ4v) is 2.68. The summed E-state index contributed by atoms with van der Waals surface area (Å²) in [7, 11) is 0. The van der Waals surface area contributed by atoms with E-state index in [1.807, 2.05) is 81.4 Å². The first kappa shape index (κ1) is 18.6. The summed E-state index contributed by atoms with van der Waals surface area (Å²) in [5.74, 6) is 1.31. The number of benzene rings is 2. The summed E-state index contributed by atoms with van der Waals surface area (Å²) in [6.45, 7) is 5.91. The molecule has 1 unspecified atom stereocenters. The molecule has 138 valence electrons. The van der Waals surface area contributed by atoms with Gasteiger partial charge in [-0.3, -0.25) is 4.79 Å². The Morgan fingerprint density at radius 2 is 1.81 bits per heavy atom. The average molecular weight is 360 g/mol. The molecule has 0 saturated heterocycles. The quantitative estimate of drug-likeness (QED) is 0.667. The van der Waals surface area contributed by atoms with E-state index in [2.05, 4.69) is 20.6 Å². The van der Waals surface area contributed by atoms with Gasteiger partial charge in [0.2, 0.25) is 0 Å². The third-order valence-corrected chi connectivity index (χ3v) is 4.29. The Balaban J connectivity index is 1.82. The van der Waals surface area contributed by atoms with Crippen LogP contribution in [0.4, 0.5) is 11.5 Å². The van der Waals surface area contributed by atoms with Crippen molar-refractivity contribution in [3.05, 3.63) is 72.1 Å². The number of hydrogen-bond donors (Lipinski definition) is 2. The molecular weight excluding hydrogens is 336 g/mol. The maximum absolute atomic E-state index is 12.3. The van der Waals surface area contributed by atoms with Crippen LogP contribution < -0.4 is 10.6 Å². The first-order valence-electron chi connectivity index (χ1n) is 9.14. The first-order valence-corrected chi connectivity index (χ1v) is 9.14. The maximum Gasteiger partial charge on any atom is 0.251 e. The van der Waals surface area contributed by atoms with Crippen LogP contribution in [0.3, 0.4) is 0 Å². The minimum Gasteiger partial charge on any atom is -0.350 e. The molecule has 3 aromatic rings. The summed E-state index contributed by atoms with van der Waals surface area (Å²) in [5.41, 5.74) is 3.32. The topological polar surface area (TPSA) is 66.9 Å². The molecule has 5 heteroatoms. The largest absolute Gasteiger partial charge is 0.350 e. The zero-order valence-corrected chi connectivity index (χ0v) is 15.9. The standard InChI is InChI=1S/C22H24N4O/c1-4-15(2)23-22(27)18-11-8-12-19(13-18)26-21-14-20(24-16(3)25-21)17-9-6-5-7-10-17/h5-15H,4H2,1-3H3,(H,23,27)(H,24,25,26). The molecule has 2 N–H and O–H groups in total. The van der Waals surface area contributed by atoms with Gasteiger partial charge >= 0.3 is 0 Å². The highest BCUT2D eigenvalue weighted by atomic mass is 16.1. The van der Waals surface area contributed by atoms with Crippen molar-refractivity contribution in [2.75, 3.05) is 5.32 Å². The summed E-state index contributed by atoms with van der Waals surface area (Å²) >= 11 is 0. The third kappa shape index (κ3) is 4.91. The Morgan fingerprint density at radius 1 is 1.04 bits per heavy atom. The molecule has 0 radical (unpaired) electrons. The van der Waals surface area contributed by atoms with Crippen LogP contribution in [0.1, 0.15) is 36.5 Å². The Labute approximate surface area is 159 Å². The molecule has 0 saturated carbocycles. The zero-order valence-electron chi connectivity index (χ0n) is 15.9. The van der Waals surface area contributed by atoms with Crippen LogP contribution in [-0.4, -0.2) is 21.9 Å². The molecule has 3 rings (SSSR count). The fraction of sp³-hybridized carbons (Fsp3) is 0.227. The van der Waals surface area contributed by atoms with Crippen molar-refractivity contribution in [3.63, 3.8) is 0 Å². The van der Waals surface area contributed by atoms with E-state index in [0.29, 0.717) is 17.2 Å². The van der Waals surface area contributed by atoms with Gasteiger partial charge in [0.1, 0.15) is 11.6 Å². The first-order chi connectivity index (χ1) is 13.0. The molecule has 2 aromatic carbocycles. The number of nitrogens with one attached hydrogen (secondary N) is 2. The molecule has 1 aromatic heterocycles. The summed E-state index contributed by atoms with van der Waals surface area (Å²) in [4.78, 5) is 21.3. The fourth-order valence-electron chi connectivity index (χ4n) is 2.68. The van der Waals surface area contributed by atoms with E-state index in [1.54, 1.807) is 0 Å². The lowest BCUT2D eigenvalue weighted by Gasteiger charge is -2.13. The number of anilines is 2. The van der Waals surface area contributed by atoms with Crippen molar-refractivity contribution >= 4 is 17.4 Å². The van der Waals surface area contributed by atoms with Gasteiger partial charge in [0.25, 0.3) is 5.91 Å². The molecule has 1 amide bonds. The molecule has 0 bridgehead atoms. The second-order valence-corrected chi connectivity index (χ2v) is 6.54. The van der Waals surface area contributed by atoms with Crippen molar-refractivity contribution in [1.29, 1.82) is 0 Å². The van der Waals surface area contributed by atoms with Crippen molar-refractivity contribution in [3.8, 4) is 11.3 Å². The van der Waals surface area contributed by atoms with E-state index < -0.39 is 0 Å². The van der Waals surface area contributed by atoms with Crippen LogP contribution in [0.5, 0.6) is 0 Å². The van der Waals surface area contributed by atoms with Gasteiger partial charge in [-0.05, 0) is 38.5 Å². The van der Waals surface area contributed by atoms with E-state index in [4.69, 9.17) is 0 Å². The van der Waals surface area contributed by atoms with Crippen LogP contribution in [0, 0.1) is 6.92 Å². The molecule has 27 heavy (non-hydrogen) atoms. The number of aryl methyl sites for hydroxylation is 1. The van der Waals surface area contributed by atoms with Gasteiger partial charge in [0, 0.05) is 28.9 Å². The second kappa shape index (κ2) is 8.45. The van der Waals surface area contributed by atoms with E-state index in [1.165, 1.54) is 0 Å². The number of carbonyl (C=O) groups is 1. The lowest BCUT2D eigenvalue weighted by molar-refractivity contribution is 0.0939. The lowest BCUT2D eigenvalue weighted by Crippen LogP contribution is -2.31. The zero-order chi connectivity index (χ0) is 19.2. The number of aromatic nitrogens is 2. The Kier molecular flexibility index (Phi) is 5.81. The van der Waals surface area contributed by atoms with Gasteiger partial charge in [0.15, 0.2) is 0 Å². The highest BCUT2D eigenvalue weighted by molar-refractivity contribution is 5.95. The summed E-state index contributed by atoms with van der Waals surface area (Å²) in [6, 6.07) is 19.5. The summed E-state index contributed by atoms with van der Waals surface area (Å²) in [6.07, 6.45) is 0.895. The van der Waals surface area contributed by atoms with Gasteiger partial charge in [-0.15, -0.1) is 0 Å². The predicted molar refractivity (Wildman–Crippen MR) is 109 cm³/mol. The highest BCUT2D eigenvalue weighted by Gasteiger charge is 2.10. The third-order valence-electron chi connectivity index (χ3n) is 4.29. The van der Waals surface area contributed by atoms with Crippen LogP contribution in [0.15, 0.2) is 60.7 Å². The van der Waals surface area contributed by atoms with Crippen molar-refractivity contribution in [1.82, 2.24) is 15.3 Å². The Bertz CT molecular complexity index is 925. The average Bonchev–Trinajstić information content (AvgIpc) is 2.68. The van der Waals surface area contributed by atoms with Crippen LogP contribution >= 0.6 is 0 Å². The van der Waals surface area contributed by atoms with E-state index in [9.17, 15) is 4.79 Å². The molecule has 0 aliphatic heterocycles. The van der Waals surface area contributed by atoms with Gasteiger partial charge in [-0.2, -0.15) is 0 Å². The molecule has 0 fully saturated rings. The van der Waals surface area contributed by atoms with Gasteiger partial charge in [0.05, 0.1) is 5.69 Å². The smallest absolute Gasteiger partial charge is 0.251 e. The van der Waals surface area contributed by atoms with Crippen molar-refractivity contribution < 1.29 is 4.79 Å². The summed E-state index contributed by atoms with van der Waals surface area (Å²) in [5, 5.41) is 6.27. The van der Waals surface area contributed by atoms with E-state index >= 15 is 0 Å². The van der Waals surface area contributed by atoms with E-state index in [-0.39, 0.29) is 11.9 Å². The number of carbonyl (C=O) groups excluding carboxylic acids is 1. The molecule has 1 heterocycles. The normalized spacial score (nSPS) is 11.7. The van der Waals surface area contributed by atoms with Crippen LogP contribution in [-0.2, 0) is 0 Å². The minimum absolute atomic E-state index is 0.0724. The SMILES string of the molecule is CCC(C)NC(=O)c1cccc(Nc2cc(-c3ccccc3)nc(C)n2)c1. The molecule has 0 aliphatic carbocycles. The molecule has 0 spiro atoms. The Hall–Kier alpha value is -3.21. The number of nitrogens with zero attached hydrogens (tertiary/aromatic N) is 2. The highest BCUT2D eigenvalue weighted by Crippen LogP contribution is 2.22. The molecule has 0 aliphatic rings. The predicted octanol–water partition coefficient (Wildman–Crippen LogP) is 4.72. The van der Waals surface area contributed by atoms with Crippen molar-refractivity contribution in [2.24, 2.45) is 0 Å². The molecule has 1 atom stereocenters. The van der Waals surface area contributed by atoms with Gasteiger partial charge < -0.3 is 10.6 Å². The maximum atomic E-state index is 12.3. The molecule has 5 nitrogen and oxygen atoms in total. The van der Waals surface area contributed by atoms with E-state index in [0.717, 1.165) is 23.4 Å². The van der Waals surface area contributed by atoms with Crippen LogP contribution in [0.2, 0.25) is 0 Å². The Morgan fingerprint density at radius 3 is 2.56 bits per heavy atom. The lowest BCUT2D eigenvalue weighted by atomic mass is 10.1. The van der Waals surface area contributed by atoms with Gasteiger partial charge in [-0.25, -0.2) is 9.97 Å². The van der Waals surface area contributed by atoms with Crippen LogP contribution in [0.25, 0.3) is 11.3 Å².